The number of hydrogen-bond donors (Lipinski definition) is 0. The van der Waals surface area contributed by atoms with Crippen molar-refractivity contribution >= 4 is 56.9 Å². The molecule has 26 heavy (non-hydrogen) atoms. The van der Waals surface area contributed by atoms with Crippen LogP contribution in [-0.2, 0) is 18.3 Å². The molecule has 0 saturated carbocycles. The third-order valence-electron chi connectivity index (χ3n) is 4.61. The van der Waals surface area contributed by atoms with E-state index in [0.29, 0.717) is 9.23 Å². The predicted molar refractivity (Wildman–Crippen MR) is 114 cm³/mol. The van der Waals surface area contributed by atoms with Gasteiger partial charge in [-0.2, -0.15) is 0 Å². The Morgan fingerprint density at radius 2 is 1.85 bits per heavy atom. The molecule has 0 radical (unpaired) electrons. The summed E-state index contributed by atoms with van der Waals surface area (Å²) in [6.07, 6.45) is 4.97. The minimum absolute atomic E-state index is 0.0582. The topological polar surface area (TPSA) is 25.2 Å². The highest BCUT2D eigenvalue weighted by atomic mass is 32.2. The largest absolute Gasteiger partial charge is 0.350 e. The van der Waals surface area contributed by atoms with E-state index in [9.17, 15) is 4.79 Å². The standard InChI is InChI=1S/C21H18N2OS2/c1-3-14-8-10-16(11-9-14)23-20(24)19(26-21(23)25)12-15-13-22(2)18-7-5-4-6-17(15)18/h4-13H,3H2,1-2H3. The molecule has 2 aromatic carbocycles. The van der Waals surface area contributed by atoms with Crippen LogP contribution in [-0.4, -0.2) is 14.8 Å². The number of benzene rings is 2. The summed E-state index contributed by atoms with van der Waals surface area (Å²) in [5.41, 5.74) is 4.24. The third-order valence-corrected chi connectivity index (χ3v) is 5.91. The number of thiocarbonyl (C=S) groups is 1. The third kappa shape index (κ3) is 2.87. The van der Waals surface area contributed by atoms with Crippen LogP contribution >= 0.6 is 24.0 Å². The maximum absolute atomic E-state index is 13.0. The molecule has 0 unspecified atom stereocenters. The van der Waals surface area contributed by atoms with Crippen molar-refractivity contribution in [3.05, 3.63) is 70.8 Å². The molecule has 1 saturated heterocycles. The SMILES string of the molecule is CCc1ccc(N2C(=O)C(=Cc3cn(C)c4ccccc34)SC2=S)cc1. The Morgan fingerprint density at radius 1 is 1.12 bits per heavy atom. The van der Waals surface area contributed by atoms with Crippen molar-refractivity contribution in [1.29, 1.82) is 0 Å². The van der Waals surface area contributed by atoms with Crippen LogP contribution in [0.2, 0.25) is 0 Å². The highest BCUT2D eigenvalue weighted by Crippen LogP contribution is 2.37. The fourth-order valence-corrected chi connectivity index (χ4v) is 4.49. The lowest BCUT2D eigenvalue weighted by atomic mass is 10.1. The molecule has 3 aromatic rings. The van der Waals surface area contributed by atoms with Gasteiger partial charge in [0.1, 0.15) is 0 Å². The van der Waals surface area contributed by atoms with E-state index in [1.54, 1.807) is 4.90 Å². The maximum Gasteiger partial charge on any atom is 0.270 e. The number of hydrogen-bond acceptors (Lipinski definition) is 3. The number of rotatable bonds is 3. The van der Waals surface area contributed by atoms with E-state index < -0.39 is 0 Å². The van der Waals surface area contributed by atoms with Gasteiger partial charge < -0.3 is 4.57 Å². The van der Waals surface area contributed by atoms with E-state index in [4.69, 9.17) is 12.2 Å². The molecule has 0 aliphatic carbocycles. The van der Waals surface area contributed by atoms with Crippen LogP contribution in [0.1, 0.15) is 18.1 Å². The Kier molecular flexibility index (Phi) is 4.42. The second kappa shape index (κ2) is 6.74. The number of para-hydroxylation sites is 1. The molecule has 4 rings (SSSR count). The molecule has 1 aliphatic heterocycles. The summed E-state index contributed by atoms with van der Waals surface area (Å²) in [6.45, 7) is 2.11. The highest BCUT2D eigenvalue weighted by molar-refractivity contribution is 8.27. The molecule has 130 valence electrons. The van der Waals surface area contributed by atoms with Crippen LogP contribution in [0.5, 0.6) is 0 Å². The first-order valence-electron chi connectivity index (χ1n) is 8.49. The minimum atomic E-state index is -0.0582. The number of nitrogens with zero attached hydrogens (tertiary/aromatic N) is 2. The maximum atomic E-state index is 13.0. The average molecular weight is 379 g/mol. The van der Waals surface area contributed by atoms with Gasteiger partial charge in [0.2, 0.25) is 0 Å². The first-order chi connectivity index (χ1) is 12.6. The van der Waals surface area contributed by atoms with Crippen LogP contribution in [0.3, 0.4) is 0 Å². The predicted octanol–water partition coefficient (Wildman–Crippen LogP) is 5.15. The number of anilines is 1. The fourth-order valence-electron chi connectivity index (χ4n) is 3.20. The van der Waals surface area contributed by atoms with Crippen molar-refractivity contribution in [2.24, 2.45) is 7.05 Å². The zero-order valence-corrected chi connectivity index (χ0v) is 16.2. The number of amides is 1. The van der Waals surface area contributed by atoms with Gasteiger partial charge in [0.25, 0.3) is 5.91 Å². The lowest BCUT2D eigenvalue weighted by Crippen LogP contribution is -2.27. The lowest BCUT2D eigenvalue weighted by molar-refractivity contribution is -0.113. The van der Waals surface area contributed by atoms with Crippen molar-refractivity contribution in [1.82, 2.24) is 4.57 Å². The van der Waals surface area contributed by atoms with E-state index in [0.717, 1.165) is 28.6 Å². The molecule has 3 nitrogen and oxygen atoms in total. The van der Waals surface area contributed by atoms with Gasteiger partial charge in [-0.3, -0.25) is 9.69 Å². The summed E-state index contributed by atoms with van der Waals surface area (Å²) in [5, 5.41) is 1.13. The summed E-state index contributed by atoms with van der Waals surface area (Å²) in [4.78, 5) is 15.2. The second-order valence-corrected chi connectivity index (χ2v) is 7.93. The van der Waals surface area contributed by atoms with Gasteiger partial charge in [0.15, 0.2) is 4.32 Å². The first kappa shape index (κ1) is 17.1. The smallest absolute Gasteiger partial charge is 0.270 e. The van der Waals surface area contributed by atoms with Crippen molar-refractivity contribution in [2.45, 2.75) is 13.3 Å². The number of aromatic nitrogens is 1. The monoisotopic (exact) mass is 378 g/mol. The molecular weight excluding hydrogens is 360 g/mol. The zero-order valence-electron chi connectivity index (χ0n) is 14.6. The number of thioether (sulfide) groups is 1. The van der Waals surface area contributed by atoms with Gasteiger partial charge in [0, 0.05) is 29.7 Å². The molecular formula is C21H18N2OS2. The Labute approximate surface area is 162 Å². The Bertz CT molecular complexity index is 1050. The van der Waals surface area contributed by atoms with Crippen LogP contribution in [0.15, 0.2) is 59.6 Å². The van der Waals surface area contributed by atoms with Gasteiger partial charge in [-0.05, 0) is 36.3 Å². The first-order valence-corrected chi connectivity index (χ1v) is 9.72. The number of aryl methyl sites for hydroxylation is 2. The van der Waals surface area contributed by atoms with Crippen LogP contribution < -0.4 is 4.90 Å². The lowest BCUT2D eigenvalue weighted by Gasteiger charge is -2.14. The van der Waals surface area contributed by atoms with Crippen LogP contribution in [0, 0.1) is 0 Å². The van der Waals surface area contributed by atoms with Gasteiger partial charge in [-0.1, -0.05) is 61.2 Å². The molecule has 1 fully saturated rings. The van der Waals surface area contributed by atoms with Crippen molar-refractivity contribution < 1.29 is 4.79 Å². The number of carbonyl (C=O) groups excluding carboxylic acids is 1. The van der Waals surface area contributed by atoms with E-state index in [2.05, 4.69) is 23.6 Å². The minimum Gasteiger partial charge on any atom is -0.350 e. The molecule has 1 aromatic heterocycles. The van der Waals surface area contributed by atoms with Crippen LogP contribution in [0.25, 0.3) is 17.0 Å². The molecule has 5 heteroatoms. The number of carbonyl (C=O) groups is 1. The highest BCUT2D eigenvalue weighted by Gasteiger charge is 2.33. The summed E-state index contributed by atoms with van der Waals surface area (Å²) in [5.74, 6) is -0.0582. The summed E-state index contributed by atoms with van der Waals surface area (Å²) < 4.78 is 2.65. The van der Waals surface area contributed by atoms with Crippen molar-refractivity contribution in [3.8, 4) is 0 Å². The summed E-state index contributed by atoms with van der Waals surface area (Å²) in [6, 6.07) is 16.2. The Balaban J connectivity index is 1.71. The fraction of sp³-hybridized carbons (Fsp3) is 0.143. The molecule has 0 spiro atoms. The van der Waals surface area contributed by atoms with E-state index in [-0.39, 0.29) is 5.91 Å². The van der Waals surface area contributed by atoms with Crippen molar-refractivity contribution in [3.63, 3.8) is 0 Å². The zero-order chi connectivity index (χ0) is 18.3. The van der Waals surface area contributed by atoms with Gasteiger partial charge in [-0.15, -0.1) is 0 Å². The Hall–Kier alpha value is -2.37. The summed E-state index contributed by atoms with van der Waals surface area (Å²) >= 11 is 6.84. The summed E-state index contributed by atoms with van der Waals surface area (Å²) in [7, 11) is 2.01. The molecule has 0 N–H and O–H groups in total. The van der Waals surface area contributed by atoms with Crippen LogP contribution in [0.4, 0.5) is 5.69 Å². The molecule has 2 heterocycles. The van der Waals surface area contributed by atoms with Gasteiger partial charge in [-0.25, -0.2) is 0 Å². The molecule has 1 aliphatic rings. The average Bonchev–Trinajstić information content (AvgIpc) is 3.12. The van der Waals surface area contributed by atoms with E-state index in [1.807, 2.05) is 55.7 Å². The quantitative estimate of drug-likeness (QED) is 0.466. The van der Waals surface area contributed by atoms with Gasteiger partial charge in [0.05, 0.1) is 10.6 Å². The Morgan fingerprint density at radius 3 is 2.58 bits per heavy atom. The molecule has 1 amide bonds. The normalized spacial score (nSPS) is 16.2. The second-order valence-electron chi connectivity index (χ2n) is 6.25. The molecule has 0 bridgehead atoms. The molecule has 0 atom stereocenters. The van der Waals surface area contributed by atoms with Crippen molar-refractivity contribution in [2.75, 3.05) is 4.90 Å². The van der Waals surface area contributed by atoms with E-state index in [1.165, 1.54) is 17.3 Å². The van der Waals surface area contributed by atoms with Gasteiger partial charge >= 0.3 is 0 Å². The van der Waals surface area contributed by atoms with E-state index >= 15 is 0 Å². The number of fused-ring (bicyclic) bond motifs is 1.